The number of likely N-dealkylation sites (N-methyl/N-ethyl adjacent to an activating group) is 1. The highest BCUT2D eigenvalue weighted by molar-refractivity contribution is 5.07. The lowest BCUT2D eigenvalue weighted by atomic mass is 10.0. The summed E-state index contributed by atoms with van der Waals surface area (Å²) in [5, 5.41) is 3.59. The van der Waals surface area contributed by atoms with Crippen molar-refractivity contribution in [2.45, 2.75) is 38.3 Å². The Hall–Kier alpha value is -0.930. The van der Waals surface area contributed by atoms with Gasteiger partial charge in [0.1, 0.15) is 0 Å². The maximum absolute atomic E-state index is 4.43. The van der Waals surface area contributed by atoms with Crippen LogP contribution in [0.5, 0.6) is 0 Å². The van der Waals surface area contributed by atoms with Gasteiger partial charge >= 0.3 is 0 Å². The van der Waals surface area contributed by atoms with Crippen molar-refractivity contribution in [2.24, 2.45) is 0 Å². The van der Waals surface area contributed by atoms with Gasteiger partial charge in [0.05, 0.1) is 5.69 Å². The molecule has 0 amide bonds. The number of nitrogens with one attached hydrogen (secondary N) is 1. The minimum Gasteiger partial charge on any atom is -0.313 e. The fourth-order valence-electron chi connectivity index (χ4n) is 2.43. The first-order valence-electron chi connectivity index (χ1n) is 6.62. The maximum atomic E-state index is 4.43. The molecule has 2 rings (SSSR count). The second kappa shape index (κ2) is 6.12. The first kappa shape index (κ1) is 12.5. The molecule has 3 heteroatoms. The zero-order valence-corrected chi connectivity index (χ0v) is 10.9. The summed E-state index contributed by atoms with van der Waals surface area (Å²) in [5.74, 6) is 0. The van der Waals surface area contributed by atoms with Crippen LogP contribution in [0.2, 0.25) is 0 Å². The molecule has 2 atom stereocenters. The molecule has 94 valence electrons. The Morgan fingerprint density at radius 1 is 1.47 bits per heavy atom. The molecule has 0 saturated carbocycles. The molecule has 2 heterocycles. The quantitative estimate of drug-likeness (QED) is 0.864. The molecule has 1 aromatic rings. The van der Waals surface area contributed by atoms with Crippen molar-refractivity contribution in [2.75, 3.05) is 20.1 Å². The van der Waals surface area contributed by atoms with E-state index >= 15 is 0 Å². The second-order valence-corrected chi connectivity index (χ2v) is 5.02. The summed E-state index contributed by atoms with van der Waals surface area (Å²) >= 11 is 0. The SMILES string of the molecule is CC(c1ccccn1)N(C)CC1CCCCN1. The van der Waals surface area contributed by atoms with Crippen LogP contribution in [0.4, 0.5) is 0 Å². The van der Waals surface area contributed by atoms with Crippen LogP contribution in [0.1, 0.15) is 37.9 Å². The van der Waals surface area contributed by atoms with E-state index in [-0.39, 0.29) is 0 Å². The van der Waals surface area contributed by atoms with Crippen molar-refractivity contribution < 1.29 is 0 Å². The lowest BCUT2D eigenvalue weighted by Gasteiger charge is -2.31. The zero-order chi connectivity index (χ0) is 12.1. The molecule has 1 fully saturated rings. The molecule has 1 saturated heterocycles. The molecule has 3 nitrogen and oxygen atoms in total. The van der Waals surface area contributed by atoms with E-state index in [0.29, 0.717) is 12.1 Å². The highest BCUT2D eigenvalue weighted by Crippen LogP contribution is 2.17. The Morgan fingerprint density at radius 3 is 3.00 bits per heavy atom. The van der Waals surface area contributed by atoms with E-state index in [2.05, 4.69) is 41.3 Å². The maximum Gasteiger partial charge on any atom is 0.0572 e. The molecule has 1 aromatic heterocycles. The monoisotopic (exact) mass is 233 g/mol. The third-order valence-corrected chi connectivity index (χ3v) is 3.70. The van der Waals surface area contributed by atoms with E-state index in [1.54, 1.807) is 0 Å². The van der Waals surface area contributed by atoms with Crippen LogP contribution in [-0.4, -0.2) is 36.1 Å². The average molecular weight is 233 g/mol. The van der Waals surface area contributed by atoms with Gasteiger partial charge < -0.3 is 5.32 Å². The molecule has 0 aliphatic carbocycles. The van der Waals surface area contributed by atoms with E-state index in [9.17, 15) is 0 Å². The molecule has 2 unspecified atom stereocenters. The molecule has 0 bridgehead atoms. The normalized spacial score (nSPS) is 22.6. The van der Waals surface area contributed by atoms with Crippen LogP contribution in [0.3, 0.4) is 0 Å². The number of nitrogens with zero attached hydrogens (tertiary/aromatic N) is 2. The van der Waals surface area contributed by atoms with Gasteiger partial charge in [-0.15, -0.1) is 0 Å². The summed E-state index contributed by atoms with van der Waals surface area (Å²) in [6.07, 6.45) is 5.87. The summed E-state index contributed by atoms with van der Waals surface area (Å²) < 4.78 is 0. The molecule has 0 spiro atoms. The van der Waals surface area contributed by atoms with Gasteiger partial charge in [0.2, 0.25) is 0 Å². The standard InChI is InChI=1S/C14H23N3/c1-12(14-8-4-6-10-16-14)17(2)11-13-7-3-5-9-15-13/h4,6,8,10,12-13,15H,3,5,7,9,11H2,1-2H3. The van der Waals surface area contributed by atoms with E-state index in [1.165, 1.54) is 25.8 Å². The molecule has 0 aromatic carbocycles. The third kappa shape index (κ3) is 3.51. The van der Waals surface area contributed by atoms with Crippen molar-refractivity contribution in [3.8, 4) is 0 Å². The summed E-state index contributed by atoms with van der Waals surface area (Å²) in [6.45, 7) is 4.51. The van der Waals surface area contributed by atoms with Crippen LogP contribution < -0.4 is 5.32 Å². The fourth-order valence-corrected chi connectivity index (χ4v) is 2.43. The van der Waals surface area contributed by atoms with Gasteiger partial charge in [-0.05, 0) is 45.5 Å². The first-order valence-corrected chi connectivity index (χ1v) is 6.62. The Balaban J connectivity index is 1.88. The third-order valence-electron chi connectivity index (χ3n) is 3.70. The van der Waals surface area contributed by atoms with Gasteiger partial charge in [-0.3, -0.25) is 9.88 Å². The molecular formula is C14H23N3. The van der Waals surface area contributed by atoms with Crippen LogP contribution in [0.15, 0.2) is 24.4 Å². The zero-order valence-electron chi connectivity index (χ0n) is 10.9. The lowest BCUT2D eigenvalue weighted by Crippen LogP contribution is -2.43. The number of rotatable bonds is 4. The van der Waals surface area contributed by atoms with Crippen molar-refractivity contribution in [3.63, 3.8) is 0 Å². The van der Waals surface area contributed by atoms with Gasteiger partial charge in [0, 0.05) is 24.8 Å². The van der Waals surface area contributed by atoms with Crippen molar-refractivity contribution in [1.29, 1.82) is 0 Å². The smallest absolute Gasteiger partial charge is 0.0572 e. The van der Waals surface area contributed by atoms with Crippen LogP contribution in [0, 0.1) is 0 Å². The summed E-state index contributed by atoms with van der Waals surface area (Å²) in [6, 6.07) is 7.18. The number of aromatic nitrogens is 1. The van der Waals surface area contributed by atoms with Crippen LogP contribution in [0.25, 0.3) is 0 Å². The van der Waals surface area contributed by atoms with Crippen molar-refractivity contribution >= 4 is 0 Å². The van der Waals surface area contributed by atoms with Gasteiger partial charge in [0.25, 0.3) is 0 Å². The Bertz CT molecular complexity index is 319. The predicted octanol–water partition coefficient (Wildman–Crippen LogP) is 2.22. The lowest BCUT2D eigenvalue weighted by molar-refractivity contribution is 0.212. The molecule has 1 N–H and O–H groups in total. The van der Waals surface area contributed by atoms with Gasteiger partial charge in [-0.25, -0.2) is 0 Å². The first-order chi connectivity index (χ1) is 8.27. The van der Waals surface area contributed by atoms with E-state index in [4.69, 9.17) is 0 Å². The minimum atomic E-state index is 0.389. The minimum absolute atomic E-state index is 0.389. The van der Waals surface area contributed by atoms with Gasteiger partial charge in [0.15, 0.2) is 0 Å². The van der Waals surface area contributed by atoms with E-state index < -0.39 is 0 Å². The molecule has 17 heavy (non-hydrogen) atoms. The van der Waals surface area contributed by atoms with E-state index in [0.717, 1.165) is 12.2 Å². The van der Waals surface area contributed by atoms with Crippen molar-refractivity contribution in [3.05, 3.63) is 30.1 Å². The summed E-state index contributed by atoms with van der Waals surface area (Å²) in [5.41, 5.74) is 1.16. The fraction of sp³-hybridized carbons (Fsp3) is 0.643. The van der Waals surface area contributed by atoms with Gasteiger partial charge in [-0.1, -0.05) is 12.5 Å². The molecule has 1 aliphatic rings. The molecular weight excluding hydrogens is 210 g/mol. The Morgan fingerprint density at radius 2 is 2.35 bits per heavy atom. The number of pyridine rings is 1. The second-order valence-electron chi connectivity index (χ2n) is 5.02. The highest BCUT2D eigenvalue weighted by atomic mass is 15.2. The highest BCUT2D eigenvalue weighted by Gasteiger charge is 2.18. The van der Waals surface area contributed by atoms with Crippen LogP contribution in [-0.2, 0) is 0 Å². The summed E-state index contributed by atoms with van der Waals surface area (Å²) in [4.78, 5) is 6.82. The molecule has 0 radical (unpaired) electrons. The predicted molar refractivity (Wildman–Crippen MR) is 70.9 cm³/mol. The number of hydrogen-bond donors (Lipinski definition) is 1. The number of hydrogen-bond acceptors (Lipinski definition) is 3. The van der Waals surface area contributed by atoms with Crippen LogP contribution >= 0.6 is 0 Å². The Labute approximate surface area is 104 Å². The largest absolute Gasteiger partial charge is 0.313 e. The number of piperidine rings is 1. The Kier molecular flexibility index (Phi) is 4.51. The average Bonchev–Trinajstić information content (AvgIpc) is 2.40. The summed E-state index contributed by atoms with van der Waals surface area (Å²) in [7, 11) is 2.19. The van der Waals surface area contributed by atoms with Crippen molar-refractivity contribution in [1.82, 2.24) is 15.2 Å². The van der Waals surface area contributed by atoms with Gasteiger partial charge in [-0.2, -0.15) is 0 Å². The van der Waals surface area contributed by atoms with E-state index in [1.807, 2.05) is 12.3 Å². The topological polar surface area (TPSA) is 28.2 Å². The molecule has 1 aliphatic heterocycles.